The molecule has 0 saturated heterocycles. The molecule has 0 bridgehead atoms. The highest BCUT2D eigenvalue weighted by atomic mass is 19.3. The third kappa shape index (κ3) is 3.47. The van der Waals surface area contributed by atoms with Crippen LogP contribution in [0.1, 0.15) is 17.4 Å². The van der Waals surface area contributed by atoms with E-state index in [4.69, 9.17) is 5.73 Å². The molecule has 21 heavy (non-hydrogen) atoms. The molecule has 1 aromatic heterocycles. The first-order valence-corrected chi connectivity index (χ1v) is 6.19. The highest BCUT2D eigenvalue weighted by molar-refractivity contribution is 6.06. The van der Waals surface area contributed by atoms with Gasteiger partial charge in [-0.3, -0.25) is 9.48 Å². The molecular formula is C13H14F2N4O2. The quantitative estimate of drug-likeness (QED) is 0.887. The van der Waals surface area contributed by atoms with Crippen molar-refractivity contribution in [1.29, 1.82) is 0 Å². The van der Waals surface area contributed by atoms with Gasteiger partial charge in [0.25, 0.3) is 5.91 Å². The number of nitrogens with zero attached hydrogens (tertiary/aromatic N) is 2. The van der Waals surface area contributed by atoms with Crippen LogP contribution in [0.15, 0.2) is 30.5 Å². The molecule has 1 heterocycles. The molecule has 8 heteroatoms. The lowest BCUT2D eigenvalue weighted by Gasteiger charge is -2.11. The molecule has 2 aromatic rings. The van der Waals surface area contributed by atoms with Crippen LogP contribution in [0.25, 0.3) is 0 Å². The van der Waals surface area contributed by atoms with E-state index in [0.29, 0.717) is 6.54 Å². The lowest BCUT2D eigenvalue weighted by atomic mass is 10.2. The Hall–Kier alpha value is -2.64. The van der Waals surface area contributed by atoms with E-state index in [2.05, 4.69) is 15.2 Å². The number of benzene rings is 1. The number of halogens is 2. The van der Waals surface area contributed by atoms with Gasteiger partial charge in [-0.15, -0.1) is 0 Å². The van der Waals surface area contributed by atoms with Gasteiger partial charge in [0.05, 0.1) is 11.4 Å². The Kier molecular flexibility index (Phi) is 4.36. The number of para-hydroxylation sites is 2. The largest absolute Gasteiger partial charge is 0.433 e. The molecule has 0 aliphatic rings. The van der Waals surface area contributed by atoms with Gasteiger partial charge in [-0.1, -0.05) is 12.1 Å². The fraction of sp³-hybridized carbons (Fsp3) is 0.231. The molecule has 6 nitrogen and oxygen atoms in total. The summed E-state index contributed by atoms with van der Waals surface area (Å²) in [5, 5.41) is 6.46. The molecule has 112 valence electrons. The van der Waals surface area contributed by atoms with Crippen molar-refractivity contribution in [2.75, 3.05) is 11.1 Å². The molecule has 0 fully saturated rings. The van der Waals surface area contributed by atoms with Crippen LogP contribution in [0.3, 0.4) is 0 Å². The fourth-order valence-corrected chi connectivity index (χ4v) is 1.73. The van der Waals surface area contributed by atoms with E-state index < -0.39 is 12.5 Å². The van der Waals surface area contributed by atoms with E-state index in [1.54, 1.807) is 6.07 Å². The third-order valence-electron chi connectivity index (χ3n) is 2.68. The Morgan fingerprint density at radius 3 is 2.81 bits per heavy atom. The van der Waals surface area contributed by atoms with Gasteiger partial charge in [-0.2, -0.15) is 13.9 Å². The number of nitrogen functional groups attached to an aromatic ring is 1. The van der Waals surface area contributed by atoms with Crippen molar-refractivity contribution in [2.24, 2.45) is 0 Å². The van der Waals surface area contributed by atoms with E-state index >= 15 is 0 Å². The number of carbonyl (C=O) groups excluding carboxylic acids is 1. The Bertz CT molecular complexity index is 643. The maximum Gasteiger partial charge on any atom is 0.387 e. The van der Waals surface area contributed by atoms with Crippen LogP contribution in [0.4, 0.5) is 20.2 Å². The normalized spacial score (nSPS) is 10.7. The molecule has 0 atom stereocenters. The van der Waals surface area contributed by atoms with Crippen molar-refractivity contribution < 1.29 is 18.3 Å². The number of nitrogens with one attached hydrogen (secondary N) is 1. The molecule has 0 radical (unpaired) electrons. The smallest absolute Gasteiger partial charge is 0.387 e. The number of carbonyl (C=O) groups is 1. The van der Waals surface area contributed by atoms with E-state index in [1.165, 1.54) is 29.1 Å². The molecule has 0 spiro atoms. The zero-order valence-corrected chi connectivity index (χ0v) is 11.2. The number of aromatic nitrogens is 2. The summed E-state index contributed by atoms with van der Waals surface area (Å²) in [7, 11) is 0. The molecule has 1 amide bonds. The van der Waals surface area contributed by atoms with Crippen molar-refractivity contribution in [3.8, 4) is 5.75 Å². The number of alkyl halides is 2. The molecule has 1 aromatic carbocycles. The molecular weight excluding hydrogens is 282 g/mol. The molecule has 2 rings (SSSR count). The highest BCUT2D eigenvalue weighted by Gasteiger charge is 2.17. The van der Waals surface area contributed by atoms with Crippen LogP contribution >= 0.6 is 0 Å². The Labute approximate surface area is 119 Å². The Balaban J connectivity index is 2.21. The fourth-order valence-electron chi connectivity index (χ4n) is 1.73. The maximum absolute atomic E-state index is 12.3. The lowest BCUT2D eigenvalue weighted by molar-refractivity contribution is -0.0493. The molecule has 3 N–H and O–H groups in total. The average molecular weight is 296 g/mol. The number of aryl methyl sites for hydroxylation is 1. The summed E-state index contributed by atoms with van der Waals surface area (Å²) in [6.07, 6.45) is 1.52. The van der Waals surface area contributed by atoms with Crippen molar-refractivity contribution in [2.45, 2.75) is 20.1 Å². The lowest BCUT2D eigenvalue weighted by Crippen LogP contribution is -2.16. The van der Waals surface area contributed by atoms with E-state index in [9.17, 15) is 13.6 Å². The highest BCUT2D eigenvalue weighted by Crippen LogP contribution is 2.26. The third-order valence-corrected chi connectivity index (χ3v) is 2.68. The summed E-state index contributed by atoms with van der Waals surface area (Å²) < 4.78 is 30.4. The molecule has 0 aliphatic heterocycles. The van der Waals surface area contributed by atoms with E-state index in [1.807, 2.05) is 6.92 Å². The number of hydrogen-bond acceptors (Lipinski definition) is 4. The van der Waals surface area contributed by atoms with Crippen LogP contribution < -0.4 is 15.8 Å². The summed E-state index contributed by atoms with van der Waals surface area (Å²) in [6.45, 7) is -0.574. The van der Waals surface area contributed by atoms with E-state index in [0.717, 1.165) is 0 Å². The molecule has 0 aliphatic carbocycles. The van der Waals surface area contributed by atoms with Gasteiger partial charge >= 0.3 is 6.61 Å². The average Bonchev–Trinajstić information content (AvgIpc) is 2.82. The number of amides is 1. The minimum absolute atomic E-state index is 0.0312. The van der Waals surface area contributed by atoms with Crippen molar-refractivity contribution >= 4 is 17.3 Å². The number of anilines is 2. The molecule has 0 unspecified atom stereocenters. The first-order valence-electron chi connectivity index (χ1n) is 6.19. The predicted octanol–water partition coefficient (Wildman–Crippen LogP) is 2.34. The zero-order valence-electron chi connectivity index (χ0n) is 11.2. The minimum atomic E-state index is -2.98. The van der Waals surface area contributed by atoms with Gasteiger partial charge in [0, 0.05) is 12.7 Å². The predicted molar refractivity (Wildman–Crippen MR) is 73.3 cm³/mol. The number of hydrogen-bond donors (Lipinski definition) is 2. The monoisotopic (exact) mass is 296 g/mol. The van der Waals surface area contributed by atoms with Crippen LogP contribution in [0, 0.1) is 0 Å². The summed E-state index contributed by atoms with van der Waals surface area (Å²) in [6, 6.07) is 5.88. The standard InChI is InChI=1S/C13H14F2N4O2/c1-2-19-7-8(16)11(18-19)12(20)17-9-5-3-4-6-10(9)21-13(14)15/h3-7,13H,2,16H2,1H3,(H,17,20). The Morgan fingerprint density at radius 1 is 1.48 bits per heavy atom. The summed E-state index contributed by atoms with van der Waals surface area (Å²) in [4.78, 5) is 12.1. The number of ether oxygens (including phenoxy) is 1. The van der Waals surface area contributed by atoms with Crippen LogP contribution in [0.5, 0.6) is 5.75 Å². The zero-order chi connectivity index (χ0) is 15.4. The van der Waals surface area contributed by atoms with Gasteiger partial charge in [-0.05, 0) is 19.1 Å². The van der Waals surface area contributed by atoms with Gasteiger partial charge in [-0.25, -0.2) is 0 Å². The van der Waals surface area contributed by atoms with Crippen molar-refractivity contribution in [1.82, 2.24) is 9.78 Å². The van der Waals surface area contributed by atoms with Crippen LogP contribution in [0.2, 0.25) is 0 Å². The summed E-state index contributed by atoms with van der Waals surface area (Å²) >= 11 is 0. The van der Waals surface area contributed by atoms with Crippen LogP contribution in [-0.4, -0.2) is 22.3 Å². The Morgan fingerprint density at radius 2 is 2.19 bits per heavy atom. The topological polar surface area (TPSA) is 82.2 Å². The molecule has 0 saturated carbocycles. The summed E-state index contributed by atoms with van der Waals surface area (Å²) in [5.41, 5.74) is 6.05. The number of rotatable bonds is 5. The van der Waals surface area contributed by atoms with Gasteiger partial charge in [0.2, 0.25) is 0 Å². The van der Waals surface area contributed by atoms with E-state index in [-0.39, 0.29) is 22.8 Å². The summed E-state index contributed by atoms with van der Waals surface area (Å²) in [5.74, 6) is -0.723. The van der Waals surface area contributed by atoms with Crippen molar-refractivity contribution in [3.05, 3.63) is 36.2 Å². The van der Waals surface area contributed by atoms with Crippen LogP contribution in [-0.2, 0) is 6.54 Å². The van der Waals surface area contributed by atoms with Gasteiger partial charge in [0.15, 0.2) is 5.69 Å². The maximum atomic E-state index is 12.3. The second kappa shape index (κ2) is 6.21. The number of nitrogens with two attached hydrogens (primary N) is 1. The first-order chi connectivity index (χ1) is 10.0. The SMILES string of the molecule is CCn1cc(N)c(C(=O)Nc2ccccc2OC(F)F)n1. The van der Waals surface area contributed by atoms with Gasteiger partial charge < -0.3 is 15.8 Å². The second-order valence-corrected chi connectivity index (χ2v) is 4.12. The minimum Gasteiger partial charge on any atom is -0.433 e. The second-order valence-electron chi connectivity index (χ2n) is 4.12. The van der Waals surface area contributed by atoms with Gasteiger partial charge in [0.1, 0.15) is 5.75 Å². The first kappa shape index (κ1) is 14.8. The van der Waals surface area contributed by atoms with Crippen molar-refractivity contribution in [3.63, 3.8) is 0 Å².